The molecule has 3 nitrogen and oxygen atoms in total. The number of hydrogen-bond acceptors (Lipinski definition) is 3. The first-order valence-electron chi connectivity index (χ1n) is 3.42. The molecule has 0 spiro atoms. The van der Waals surface area contributed by atoms with Crippen LogP contribution in [-0.2, 0) is 0 Å². The van der Waals surface area contributed by atoms with Gasteiger partial charge in [0.05, 0.1) is 12.2 Å². The lowest BCUT2D eigenvalue weighted by Gasteiger charge is -2.05. The summed E-state index contributed by atoms with van der Waals surface area (Å²) in [6.45, 7) is 0.642. The van der Waals surface area contributed by atoms with E-state index in [-0.39, 0.29) is 22.9 Å². The molecular weight excluding hydrogens is 206 g/mol. The standard InChI is InChI=1S/C8H7N3S.ClH/c1-2-12-4-6(9)8-7(12)3-10-5-11-8;/h1,4-5H,3,9H2;1H. The van der Waals surface area contributed by atoms with Gasteiger partial charge in [-0.3, -0.25) is 4.99 Å². The molecule has 0 aromatic heterocycles. The smallest absolute Gasteiger partial charge is 0.111 e. The van der Waals surface area contributed by atoms with Crippen molar-refractivity contribution >= 4 is 39.8 Å². The van der Waals surface area contributed by atoms with Crippen molar-refractivity contribution in [3.63, 3.8) is 0 Å². The van der Waals surface area contributed by atoms with Gasteiger partial charge in [-0.1, -0.05) is 10.5 Å². The van der Waals surface area contributed by atoms with Crippen molar-refractivity contribution in [1.29, 1.82) is 0 Å². The maximum absolute atomic E-state index is 5.71. The third-order valence-electron chi connectivity index (χ3n) is 1.68. The number of rotatable bonds is 0. The van der Waals surface area contributed by atoms with Crippen molar-refractivity contribution in [3.8, 4) is 11.7 Å². The predicted octanol–water partition coefficient (Wildman–Crippen LogP) is 0.737. The topological polar surface area (TPSA) is 50.7 Å². The van der Waals surface area contributed by atoms with Gasteiger partial charge < -0.3 is 5.73 Å². The number of terminal acetylenes is 1. The molecule has 68 valence electrons. The Kier molecular flexibility index (Phi) is 2.91. The average molecular weight is 214 g/mol. The molecule has 1 atom stereocenters. The minimum atomic E-state index is -0.268. The molecule has 2 aliphatic rings. The van der Waals surface area contributed by atoms with Crippen LogP contribution in [0.4, 0.5) is 0 Å². The molecule has 0 saturated heterocycles. The zero-order valence-electron chi connectivity index (χ0n) is 6.73. The summed E-state index contributed by atoms with van der Waals surface area (Å²) < 4.78 is 0. The molecule has 2 rings (SSSR count). The Morgan fingerprint density at radius 1 is 1.62 bits per heavy atom. The molecule has 0 amide bonds. The number of hydrogen-bond donors (Lipinski definition) is 1. The maximum atomic E-state index is 5.71. The second kappa shape index (κ2) is 3.77. The first-order valence-corrected chi connectivity index (χ1v) is 4.71. The number of fused-ring (bicyclic) bond motifs is 1. The fraction of sp³-hybridized carbons (Fsp3) is 0.125. The molecular formula is C8H8ClN3S. The summed E-state index contributed by atoms with van der Waals surface area (Å²) >= 11 is 0. The average Bonchev–Trinajstić information content (AvgIpc) is 2.44. The Balaban J connectivity index is 0.000000845. The van der Waals surface area contributed by atoms with Crippen molar-refractivity contribution in [2.75, 3.05) is 6.54 Å². The lowest BCUT2D eigenvalue weighted by atomic mass is 10.2. The molecule has 0 aliphatic carbocycles. The first-order chi connectivity index (χ1) is 5.83. The summed E-state index contributed by atoms with van der Waals surface area (Å²) in [6, 6.07) is 0. The van der Waals surface area contributed by atoms with E-state index in [1.165, 1.54) is 6.34 Å². The Morgan fingerprint density at radius 3 is 3.08 bits per heavy atom. The van der Waals surface area contributed by atoms with Crippen LogP contribution in [0, 0.1) is 11.7 Å². The van der Waals surface area contributed by atoms with Crippen LogP contribution in [0.2, 0.25) is 0 Å². The molecule has 0 saturated carbocycles. The third-order valence-corrected chi connectivity index (χ3v) is 3.28. The van der Waals surface area contributed by atoms with Gasteiger partial charge in [0.15, 0.2) is 0 Å². The minimum absolute atomic E-state index is 0. The Morgan fingerprint density at radius 2 is 2.38 bits per heavy atom. The van der Waals surface area contributed by atoms with Crippen LogP contribution in [-0.4, -0.2) is 23.5 Å². The number of aliphatic imine (C=N–C) groups is 2. The third kappa shape index (κ3) is 1.53. The largest absolute Gasteiger partial charge is 0.397 e. The van der Waals surface area contributed by atoms with Crippen LogP contribution in [0.15, 0.2) is 21.1 Å². The molecule has 0 aromatic rings. The second-order valence-electron chi connectivity index (χ2n) is 2.39. The van der Waals surface area contributed by atoms with Crippen LogP contribution in [0.25, 0.3) is 0 Å². The molecule has 2 aliphatic heterocycles. The molecule has 5 heteroatoms. The Bertz CT molecular complexity index is 398. The van der Waals surface area contributed by atoms with Gasteiger partial charge in [0.2, 0.25) is 0 Å². The summed E-state index contributed by atoms with van der Waals surface area (Å²) in [5, 5.41) is 4.55. The minimum Gasteiger partial charge on any atom is -0.397 e. The quantitative estimate of drug-likeness (QED) is 0.468. The van der Waals surface area contributed by atoms with E-state index in [1.807, 2.05) is 5.41 Å². The highest BCUT2D eigenvalue weighted by Crippen LogP contribution is 2.26. The van der Waals surface area contributed by atoms with Gasteiger partial charge in [-0.05, 0) is 5.25 Å². The maximum Gasteiger partial charge on any atom is 0.111 e. The molecule has 2 heterocycles. The van der Waals surface area contributed by atoms with E-state index in [0.717, 1.165) is 10.6 Å². The van der Waals surface area contributed by atoms with Crippen LogP contribution < -0.4 is 5.73 Å². The van der Waals surface area contributed by atoms with E-state index in [9.17, 15) is 0 Å². The van der Waals surface area contributed by atoms with Crippen molar-refractivity contribution in [1.82, 2.24) is 0 Å². The van der Waals surface area contributed by atoms with Crippen molar-refractivity contribution < 1.29 is 0 Å². The summed E-state index contributed by atoms with van der Waals surface area (Å²) in [5.74, 6) is 0. The fourth-order valence-electron chi connectivity index (χ4n) is 1.14. The molecule has 0 radical (unpaired) electrons. The molecule has 0 fully saturated rings. The van der Waals surface area contributed by atoms with Gasteiger partial charge in [0.1, 0.15) is 12.1 Å². The summed E-state index contributed by atoms with van der Waals surface area (Å²) in [6.07, 6.45) is 6.87. The van der Waals surface area contributed by atoms with Crippen LogP contribution in [0.3, 0.4) is 0 Å². The van der Waals surface area contributed by atoms with Crippen molar-refractivity contribution in [3.05, 3.63) is 11.1 Å². The zero-order valence-corrected chi connectivity index (χ0v) is 8.36. The van der Waals surface area contributed by atoms with Gasteiger partial charge >= 0.3 is 0 Å². The molecule has 0 aromatic carbocycles. The highest BCUT2D eigenvalue weighted by molar-refractivity contribution is 8.24. The Hall–Kier alpha value is -1.05. The number of allylic oxidation sites excluding steroid dienone is 1. The van der Waals surface area contributed by atoms with E-state index in [1.54, 1.807) is 0 Å². The van der Waals surface area contributed by atoms with Gasteiger partial charge in [0, 0.05) is 10.3 Å². The van der Waals surface area contributed by atoms with Crippen molar-refractivity contribution in [2.24, 2.45) is 15.7 Å². The zero-order chi connectivity index (χ0) is 8.55. The van der Waals surface area contributed by atoms with E-state index < -0.39 is 0 Å². The van der Waals surface area contributed by atoms with Crippen molar-refractivity contribution in [2.45, 2.75) is 0 Å². The molecule has 1 unspecified atom stereocenters. The summed E-state index contributed by atoms with van der Waals surface area (Å²) in [5.41, 5.74) is 7.25. The highest BCUT2D eigenvalue weighted by Gasteiger charge is 2.20. The number of nitrogens with zero attached hydrogens (tertiary/aromatic N) is 2. The monoisotopic (exact) mass is 213 g/mol. The SMILES string of the molecule is C#CS1=C2CN=CN=C2C(N)=C1.Cl. The number of nitrogens with two attached hydrogens (primary N) is 1. The molecule has 2 N–H and O–H groups in total. The predicted molar refractivity (Wildman–Crippen MR) is 61.7 cm³/mol. The van der Waals surface area contributed by atoms with E-state index in [2.05, 4.69) is 15.2 Å². The normalized spacial score (nSPS) is 23.9. The van der Waals surface area contributed by atoms with E-state index in [4.69, 9.17) is 12.2 Å². The van der Waals surface area contributed by atoms with Gasteiger partial charge in [0.25, 0.3) is 0 Å². The van der Waals surface area contributed by atoms with E-state index >= 15 is 0 Å². The lowest BCUT2D eigenvalue weighted by Crippen LogP contribution is -2.22. The van der Waals surface area contributed by atoms with Crippen LogP contribution >= 0.6 is 22.9 Å². The second-order valence-corrected chi connectivity index (χ2v) is 4.03. The van der Waals surface area contributed by atoms with Crippen LogP contribution in [0.1, 0.15) is 0 Å². The van der Waals surface area contributed by atoms with Crippen LogP contribution in [0.5, 0.6) is 0 Å². The number of halogens is 1. The fourth-order valence-corrected chi connectivity index (χ4v) is 2.45. The summed E-state index contributed by atoms with van der Waals surface area (Å²) in [4.78, 5) is 9.18. The van der Waals surface area contributed by atoms with Gasteiger partial charge in [-0.15, -0.1) is 18.8 Å². The highest BCUT2D eigenvalue weighted by atomic mass is 35.5. The van der Waals surface area contributed by atoms with Gasteiger partial charge in [-0.25, -0.2) is 4.99 Å². The molecule has 13 heavy (non-hydrogen) atoms. The molecule has 0 bridgehead atoms. The first kappa shape index (κ1) is 10.0. The van der Waals surface area contributed by atoms with Gasteiger partial charge in [-0.2, -0.15) is 0 Å². The lowest BCUT2D eigenvalue weighted by molar-refractivity contribution is 1.31. The Labute approximate surface area is 85.2 Å². The van der Waals surface area contributed by atoms with E-state index in [0.29, 0.717) is 12.2 Å². The summed E-state index contributed by atoms with van der Waals surface area (Å²) in [7, 11) is -0.268.